The summed E-state index contributed by atoms with van der Waals surface area (Å²) in [4.78, 5) is 0. The van der Waals surface area contributed by atoms with Crippen molar-refractivity contribution < 1.29 is 0 Å². The Morgan fingerprint density at radius 3 is 1.94 bits per heavy atom. The van der Waals surface area contributed by atoms with Gasteiger partial charge < -0.3 is 0 Å². The van der Waals surface area contributed by atoms with Crippen LogP contribution in [0.15, 0.2) is 43.0 Å². The Morgan fingerprint density at radius 2 is 1.44 bits per heavy atom. The fraction of sp³-hybridized carbons (Fsp3) is 0.176. The predicted molar refractivity (Wildman–Crippen MR) is 80.2 cm³/mol. The van der Waals surface area contributed by atoms with Crippen molar-refractivity contribution in [2.75, 3.05) is 0 Å². The maximum Gasteiger partial charge on any atom is 0.0406 e. The van der Waals surface area contributed by atoms with Gasteiger partial charge in [0.2, 0.25) is 0 Å². The van der Waals surface area contributed by atoms with Gasteiger partial charge >= 0.3 is 0 Å². The molecule has 0 spiro atoms. The molecule has 0 aliphatic carbocycles. The monoisotopic (exact) mass is 256 g/mol. The van der Waals surface area contributed by atoms with Gasteiger partial charge in [-0.1, -0.05) is 48.0 Å². The molecule has 0 aliphatic heterocycles. The minimum atomic E-state index is 0.754. The summed E-state index contributed by atoms with van der Waals surface area (Å²) >= 11 is 5.92. The molecule has 0 unspecified atom stereocenters. The van der Waals surface area contributed by atoms with E-state index in [4.69, 9.17) is 11.6 Å². The number of hydrogen-bond donors (Lipinski definition) is 0. The molecule has 0 amide bonds. The molecule has 0 aliphatic rings. The van der Waals surface area contributed by atoms with Crippen LogP contribution in [0.25, 0.3) is 5.57 Å². The average Bonchev–Trinajstić information content (AvgIpc) is 2.28. The van der Waals surface area contributed by atoms with Crippen LogP contribution < -0.4 is 0 Å². The van der Waals surface area contributed by atoms with Crippen molar-refractivity contribution in [2.45, 2.75) is 20.8 Å². The summed E-state index contributed by atoms with van der Waals surface area (Å²) in [6.07, 6.45) is 0. The highest BCUT2D eigenvalue weighted by atomic mass is 35.5. The predicted octanol–water partition coefficient (Wildman–Crippen LogP) is 5.33. The van der Waals surface area contributed by atoms with E-state index in [1.54, 1.807) is 0 Å². The number of halogens is 1. The Kier molecular flexibility index (Phi) is 3.58. The van der Waals surface area contributed by atoms with Gasteiger partial charge in [0.1, 0.15) is 0 Å². The molecule has 92 valence electrons. The molecular formula is C17H17Cl. The van der Waals surface area contributed by atoms with Crippen molar-refractivity contribution in [2.24, 2.45) is 0 Å². The highest BCUT2D eigenvalue weighted by Crippen LogP contribution is 2.29. The Bertz CT molecular complexity index is 569. The maximum absolute atomic E-state index is 5.92. The number of hydrogen-bond acceptors (Lipinski definition) is 0. The summed E-state index contributed by atoms with van der Waals surface area (Å²) in [5.41, 5.74) is 7.25. The smallest absolute Gasteiger partial charge is 0.0406 e. The van der Waals surface area contributed by atoms with Crippen LogP contribution in [0.2, 0.25) is 5.02 Å². The normalized spacial score (nSPS) is 10.4. The summed E-state index contributed by atoms with van der Waals surface area (Å²) in [5.74, 6) is 0. The standard InChI is InChI=1S/C17H17Cl/c1-11-9-12(2)17(13(3)10-11)14(4)15-5-7-16(18)8-6-15/h5-10H,4H2,1-3H3. The first kappa shape index (κ1) is 12.9. The molecule has 0 saturated heterocycles. The summed E-state index contributed by atoms with van der Waals surface area (Å²) in [6.45, 7) is 10.6. The number of aryl methyl sites for hydroxylation is 3. The fourth-order valence-electron chi connectivity index (χ4n) is 2.45. The van der Waals surface area contributed by atoms with Gasteiger partial charge in [0.25, 0.3) is 0 Å². The topological polar surface area (TPSA) is 0 Å². The van der Waals surface area contributed by atoms with E-state index in [0.29, 0.717) is 0 Å². The van der Waals surface area contributed by atoms with Crippen molar-refractivity contribution in [1.82, 2.24) is 0 Å². The lowest BCUT2D eigenvalue weighted by Gasteiger charge is -2.14. The van der Waals surface area contributed by atoms with E-state index < -0.39 is 0 Å². The van der Waals surface area contributed by atoms with E-state index in [2.05, 4.69) is 39.5 Å². The van der Waals surface area contributed by atoms with Crippen LogP contribution in [0.3, 0.4) is 0 Å². The van der Waals surface area contributed by atoms with Crippen LogP contribution >= 0.6 is 11.6 Å². The first-order valence-electron chi connectivity index (χ1n) is 6.02. The molecule has 0 aromatic heterocycles. The SMILES string of the molecule is C=C(c1ccc(Cl)cc1)c1c(C)cc(C)cc1C. The molecule has 2 rings (SSSR count). The second kappa shape index (κ2) is 4.99. The van der Waals surface area contributed by atoms with E-state index in [9.17, 15) is 0 Å². The second-order valence-corrected chi connectivity index (χ2v) is 5.20. The third-order valence-electron chi connectivity index (χ3n) is 3.17. The molecule has 1 heteroatoms. The van der Waals surface area contributed by atoms with Crippen LogP contribution in [0.5, 0.6) is 0 Å². The fourth-order valence-corrected chi connectivity index (χ4v) is 2.58. The van der Waals surface area contributed by atoms with Crippen LogP contribution in [-0.4, -0.2) is 0 Å². The van der Waals surface area contributed by atoms with E-state index in [1.165, 1.54) is 22.3 Å². The molecule has 0 N–H and O–H groups in total. The first-order chi connectivity index (χ1) is 8.49. The van der Waals surface area contributed by atoms with Gasteiger partial charge in [-0.15, -0.1) is 0 Å². The highest BCUT2D eigenvalue weighted by Gasteiger charge is 2.09. The Morgan fingerprint density at radius 1 is 0.944 bits per heavy atom. The van der Waals surface area contributed by atoms with Crippen LogP contribution in [0.1, 0.15) is 27.8 Å². The van der Waals surface area contributed by atoms with Gasteiger partial charge in [-0.3, -0.25) is 0 Å². The minimum Gasteiger partial charge on any atom is -0.0905 e. The third kappa shape index (κ3) is 2.49. The van der Waals surface area contributed by atoms with Crippen molar-refractivity contribution in [1.29, 1.82) is 0 Å². The summed E-state index contributed by atoms with van der Waals surface area (Å²) in [5, 5.41) is 0.754. The van der Waals surface area contributed by atoms with Crippen LogP contribution in [0, 0.1) is 20.8 Å². The maximum atomic E-state index is 5.92. The molecule has 0 bridgehead atoms. The molecule has 18 heavy (non-hydrogen) atoms. The van der Waals surface area contributed by atoms with Gasteiger partial charge in [-0.2, -0.15) is 0 Å². The average molecular weight is 257 g/mol. The van der Waals surface area contributed by atoms with E-state index in [1.807, 2.05) is 24.3 Å². The lowest BCUT2D eigenvalue weighted by Crippen LogP contribution is -1.95. The van der Waals surface area contributed by atoms with Gasteiger partial charge in [0.15, 0.2) is 0 Å². The number of benzene rings is 2. The van der Waals surface area contributed by atoms with Gasteiger partial charge in [-0.25, -0.2) is 0 Å². The van der Waals surface area contributed by atoms with Crippen molar-refractivity contribution in [3.8, 4) is 0 Å². The molecule has 0 fully saturated rings. The molecule has 0 atom stereocenters. The zero-order chi connectivity index (χ0) is 13.3. The molecule has 0 saturated carbocycles. The van der Waals surface area contributed by atoms with E-state index >= 15 is 0 Å². The van der Waals surface area contributed by atoms with Gasteiger partial charge in [-0.05, 0) is 60.7 Å². The zero-order valence-corrected chi connectivity index (χ0v) is 11.8. The Labute approximate surface area is 114 Å². The lowest BCUT2D eigenvalue weighted by molar-refractivity contribution is 1.29. The molecule has 0 radical (unpaired) electrons. The van der Waals surface area contributed by atoms with Crippen molar-refractivity contribution in [3.05, 3.63) is 75.8 Å². The van der Waals surface area contributed by atoms with Crippen LogP contribution in [-0.2, 0) is 0 Å². The Hall–Kier alpha value is -1.53. The minimum absolute atomic E-state index is 0.754. The van der Waals surface area contributed by atoms with Gasteiger partial charge in [0, 0.05) is 5.02 Å². The van der Waals surface area contributed by atoms with E-state index in [0.717, 1.165) is 16.2 Å². The largest absolute Gasteiger partial charge is 0.0905 e. The zero-order valence-electron chi connectivity index (χ0n) is 11.0. The molecule has 0 heterocycles. The molecule has 2 aromatic rings. The lowest BCUT2D eigenvalue weighted by atomic mass is 9.91. The first-order valence-corrected chi connectivity index (χ1v) is 6.40. The Balaban J connectivity index is 2.49. The van der Waals surface area contributed by atoms with Crippen molar-refractivity contribution in [3.63, 3.8) is 0 Å². The summed E-state index contributed by atoms with van der Waals surface area (Å²) < 4.78 is 0. The molecule has 2 aromatic carbocycles. The highest BCUT2D eigenvalue weighted by molar-refractivity contribution is 6.30. The summed E-state index contributed by atoms with van der Waals surface area (Å²) in [7, 11) is 0. The molecular weight excluding hydrogens is 240 g/mol. The molecule has 0 nitrogen and oxygen atoms in total. The second-order valence-electron chi connectivity index (χ2n) is 4.76. The number of rotatable bonds is 2. The van der Waals surface area contributed by atoms with Crippen LogP contribution in [0.4, 0.5) is 0 Å². The summed E-state index contributed by atoms with van der Waals surface area (Å²) in [6, 6.07) is 12.2. The third-order valence-corrected chi connectivity index (χ3v) is 3.42. The van der Waals surface area contributed by atoms with Gasteiger partial charge in [0.05, 0.1) is 0 Å². The van der Waals surface area contributed by atoms with Crippen molar-refractivity contribution >= 4 is 17.2 Å². The van der Waals surface area contributed by atoms with E-state index in [-0.39, 0.29) is 0 Å². The quantitative estimate of drug-likeness (QED) is 0.682.